The Bertz CT molecular complexity index is 823. The minimum absolute atomic E-state index is 0.312. The molecule has 6 heteroatoms. The van der Waals surface area contributed by atoms with Crippen LogP contribution in [0.15, 0.2) is 41.8 Å². The van der Waals surface area contributed by atoms with Gasteiger partial charge in [-0.15, -0.1) is 11.3 Å². The number of methoxy groups -OCH3 is 1. The van der Waals surface area contributed by atoms with E-state index < -0.39 is 0 Å². The number of ether oxygens (including phenoxy) is 1. The van der Waals surface area contributed by atoms with Crippen LogP contribution in [0, 0.1) is 5.92 Å². The number of piperazine rings is 1. The number of benzene rings is 1. The molecule has 1 aliphatic heterocycles. The van der Waals surface area contributed by atoms with E-state index in [-0.39, 0.29) is 0 Å². The molecule has 1 unspecified atom stereocenters. The SMILES string of the molecule is COc1ccc(-c2nc(CN3CCN(C(=O)CC4C=CCC4)CC3)cs2)cc1. The lowest BCUT2D eigenvalue weighted by atomic mass is 10.0. The maximum atomic E-state index is 12.5. The van der Waals surface area contributed by atoms with Crippen LogP contribution in [0.5, 0.6) is 5.75 Å². The van der Waals surface area contributed by atoms with Crippen molar-refractivity contribution in [3.63, 3.8) is 0 Å². The van der Waals surface area contributed by atoms with E-state index in [0.29, 0.717) is 18.2 Å². The Morgan fingerprint density at radius 1 is 1.21 bits per heavy atom. The summed E-state index contributed by atoms with van der Waals surface area (Å²) in [5.74, 6) is 1.63. The molecule has 2 heterocycles. The van der Waals surface area contributed by atoms with Crippen LogP contribution in [0.4, 0.5) is 0 Å². The van der Waals surface area contributed by atoms with Crippen molar-refractivity contribution in [2.24, 2.45) is 5.92 Å². The Morgan fingerprint density at radius 3 is 2.68 bits per heavy atom. The molecule has 28 heavy (non-hydrogen) atoms. The van der Waals surface area contributed by atoms with Crippen molar-refractivity contribution in [1.82, 2.24) is 14.8 Å². The third-order valence-corrected chi connectivity index (χ3v) is 6.49. The maximum absolute atomic E-state index is 12.5. The van der Waals surface area contributed by atoms with Crippen molar-refractivity contribution in [3.05, 3.63) is 47.5 Å². The number of allylic oxidation sites excluding steroid dienone is 2. The highest BCUT2D eigenvalue weighted by atomic mass is 32.1. The van der Waals surface area contributed by atoms with Gasteiger partial charge in [-0.2, -0.15) is 0 Å². The number of aromatic nitrogens is 1. The third kappa shape index (κ3) is 4.62. The Hall–Kier alpha value is -2.18. The van der Waals surface area contributed by atoms with E-state index >= 15 is 0 Å². The number of thiazole rings is 1. The fraction of sp³-hybridized carbons (Fsp3) is 0.455. The van der Waals surface area contributed by atoms with Crippen LogP contribution in [-0.2, 0) is 11.3 Å². The third-order valence-electron chi connectivity index (χ3n) is 5.55. The zero-order valence-corrected chi connectivity index (χ0v) is 17.2. The molecule has 1 aliphatic carbocycles. The average molecular weight is 398 g/mol. The molecule has 2 aliphatic rings. The lowest BCUT2D eigenvalue weighted by Gasteiger charge is -2.34. The molecular weight excluding hydrogens is 370 g/mol. The van der Waals surface area contributed by atoms with Crippen LogP contribution in [0.2, 0.25) is 0 Å². The molecule has 1 aromatic heterocycles. The molecule has 0 radical (unpaired) electrons. The molecule has 148 valence electrons. The minimum atomic E-state index is 0.312. The fourth-order valence-corrected chi connectivity index (χ4v) is 4.67. The summed E-state index contributed by atoms with van der Waals surface area (Å²) in [5.41, 5.74) is 2.22. The monoisotopic (exact) mass is 397 g/mol. The van der Waals surface area contributed by atoms with E-state index in [2.05, 4.69) is 22.4 Å². The normalized spacial score (nSPS) is 19.9. The van der Waals surface area contributed by atoms with Gasteiger partial charge in [-0.25, -0.2) is 4.98 Å². The van der Waals surface area contributed by atoms with Gasteiger partial charge in [0.2, 0.25) is 5.91 Å². The van der Waals surface area contributed by atoms with Crippen molar-refractivity contribution in [3.8, 4) is 16.3 Å². The second-order valence-electron chi connectivity index (χ2n) is 7.50. The van der Waals surface area contributed by atoms with Gasteiger partial charge >= 0.3 is 0 Å². The van der Waals surface area contributed by atoms with Crippen molar-refractivity contribution >= 4 is 17.2 Å². The summed E-state index contributed by atoms with van der Waals surface area (Å²) in [7, 11) is 1.68. The predicted molar refractivity (Wildman–Crippen MR) is 112 cm³/mol. The van der Waals surface area contributed by atoms with Gasteiger partial charge in [-0.05, 0) is 43.0 Å². The van der Waals surface area contributed by atoms with E-state index in [9.17, 15) is 4.79 Å². The first-order valence-corrected chi connectivity index (χ1v) is 10.8. The van der Waals surface area contributed by atoms with Gasteiger partial charge in [0.25, 0.3) is 0 Å². The van der Waals surface area contributed by atoms with E-state index in [0.717, 1.165) is 67.6 Å². The molecule has 2 aromatic rings. The Morgan fingerprint density at radius 2 is 2.00 bits per heavy atom. The molecule has 5 nitrogen and oxygen atoms in total. The van der Waals surface area contributed by atoms with Crippen LogP contribution in [0.25, 0.3) is 10.6 Å². The molecule has 1 amide bonds. The lowest BCUT2D eigenvalue weighted by Crippen LogP contribution is -2.48. The molecule has 0 saturated carbocycles. The van der Waals surface area contributed by atoms with Gasteiger partial charge in [0.05, 0.1) is 12.8 Å². The van der Waals surface area contributed by atoms with Crippen LogP contribution in [0.1, 0.15) is 25.0 Å². The van der Waals surface area contributed by atoms with Crippen molar-refractivity contribution in [1.29, 1.82) is 0 Å². The zero-order valence-electron chi connectivity index (χ0n) is 16.3. The summed E-state index contributed by atoms with van der Waals surface area (Å²) in [6.07, 6.45) is 7.33. The minimum Gasteiger partial charge on any atom is -0.497 e. The average Bonchev–Trinajstić information content (AvgIpc) is 3.41. The van der Waals surface area contributed by atoms with Gasteiger partial charge in [-0.1, -0.05) is 12.2 Å². The summed E-state index contributed by atoms with van der Waals surface area (Å²) in [6.45, 7) is 4.33. The van der Waals surface area contributed by atoms with Crippen molar-refractivity contribution < 1.29 is 9.53 Å². The van der Waals surface area contributed by atoms with Crippen molar-refractivity contribution in [2.45, 2.75) is 25.8 Å². The summed E-state index contributed by atoms with van der Waals surface area (Å²) >= 11 is 1.68. The second-order valence-corrected chi connectivity index (χ2v) is 8.36. The van der Waals surface area contributed by atoms with Gasteiger partial charge in [0.1, 0.15) is 10.8 Å². The quantitative estimate of drug-likeness (QED) is 0.695. The molecule has 0 spiro atoms. The Labute approximate surface area is 170 Å². The first-order valence-electron chi connectivity index (χ1n) is 9.97. The fourth-order valence-electron chi connectivity index (χ4n) is 3.85. The number of carbonyl (C=O) groups is 1. The van der Waals surface area contributed by atoms with E-state index in [1.54, 1.807) is 18.4 Å². The van der Waals surface area contributed by atoms with Gasteiger partial charge < -0.3 is 9.64 Å². The predicted octanol–water partition coefficient (Wildman–Crippen LogP) is 3.82. The summed E-state index contributed by atoms with van der Waals surface area (Å²) in [5, 5.41) is 3.18. The summed E-state index contributed by atoms with van der Waals surface area (Å²) in [4.78, 5) is 21.7. The van der Waals surface area contributed by atoms with Crippen LogP contribution >= 0.6 is 11.3 Å². The number of hydrogen-bond donors (Lipinski definition) is 0. The molecule has 1 fully saturated rings. The van der Waals surface area contributed by atoms with E-state index in [1.807, 2.05) is 29.2 Å². The number of carbonyl (C=O) groups excluding carboxylic acids is 1. The smallest absolute Gasteiger partial charge is 0.223 e. The standard InChI is InChI=1S/C22H27N3O2S/c1-27-20-8-6-18(7-9-20)22-23-19(16-28-22)15-24-10-12-25(13-11-24)21(26)14-17-4-2-3-5-17/h2,4,6-9,16-17H,3,5,10-15H2,1H3. The molecule has 0 bridgehead atoms. The molecule has 1 saturated heterocycles. The highest BCUT2D eigenvalue weighted by Gasteiger charge is 2.24. The van der Waals surface area contributed by atoms with Crippen molar-refractivity contribution in [2.75, 3.05) is 33.3 Å². The first-order chi connectivity index (χ1) is 13.7. The first kappa shape index (κ1) is 19.2. The number of hydrogen-bond acceptors (Lipinski definition) is 5. The lowest BCUT2D eigenvalue weighted by molar-refractivity contribution is -0.133. The second kappa shape index (κ2) is 8.88. The summed E-state index contributed by atoms with van der Waals surface area (Å²) in [6, 6.07) is 8.03. The molecule has 1 atom stereocenters. The molecular formula is C22H27N3O2S. The van der Waals surface area contributed by atoms with Gasteiger partial charge in [0, 0.05) is 50.1 Å². The molecule has 0 N–H and O–H groups in total. The number of nitrogens with zero attached hydrogens (tertiary/aromatic N) is 3. The number of rotatable bonds is 6. The van der Waals surface area contributed by atoms with E-state index in [4.69, 9.17) is 9.72 Å². The Kier molecular flexibility index (Phi) is 6.07. The zero-order chi connectivity index (χ0) is 19.3. The largest absolute Gasteiger partial charge is 0.497 e. The molecule has 4 rings (SSSR count). The van der Waals surface area contributed by atoms with Gasteiger partial charge in [0.15, 0.2) is 0 Å². The van der Waals surface area contributed by atoms with Crippen LogP contribution in [-0.4, -0.2) is 54.0 Å². The summed E-state index contributed by atoms with van der Waals surface area (Å²) < 4.78 is 5.22. The molecule has 1 aromatic carbocycles. The highest BCUT2D eigenvalue weighted by Crippen LogP contribution is 2.26. The van der Waals surface area contributed by atoms with Gasteiger partial charge in [-0.3, -0.25) is 9.69 Å². The van der Waals surface area contributed by atoms with Crippen LogP contribution in [0.3, 0.4) is 0 Å². The van der Waals surface area contributed by atoms with Crippen LogP contribution < -0.4 is 4.74 Å². The maximum Gasteiger partial charge on any atom is 0.223 e. The van der Waals surface area contributed by atoms with E-state index in [1.165, 1.54) is 0 Å². The topological polar surface area (TPSA) is 45.7 Å². The Balaban J connectivity index is 1.27. The number of amides is 1. The highest BCUT2D eigenvalue weighted by molar-refractivity contribution is 7.13.